The van der Waals surface area contributed by atoms with Gasteiger partial charge in [-0.05, 0) is 38.7 Å². The van der Waals surface area contributed by atoms with Gasteiger partial charge in [-0.25, -0.2) is 0 Å². The molecule has 0 aromatic rings. The molecule has 0 aliphatic carbocycles. The predicted octanol–water partition coefficient (Wildman–Crippen LogP) is 3.64. The highest BCUT2D eigenvalue weighted by molar-refractivity contribution is 7.82. The van der Waals surface area contributed by atoms with E-state index in [1.807, 2.05) is 6.92 Å². The normalized spacial score (nSPS) is 20.9. The van der Waals surface area contributed by atoms with Gasteiger partial charge in [-0.15, -0.1) is 0 Å². The van der Waals surface area contributed by atoms with Crippen molar-refractivity contribution < 1.29 is 5.11 Å². The molecule has 0 saturated carbocycles. The Morgan fingerprint density at radius 3 is 1.76 bits per heavy atom. The molecular formula is C13H26OS3. The largest absolute Gasteiger partial charge is 0.386 e. The van der Waals surface area contributed by atoms with Gasteiger partial charge in [0.05, 0.1) is 5.60 Å². The van der Waals surface area contributed by atoms with Crippen molar-refractivity contribution in [3.63, 3.8) is 0 Å². The van der Waals surface area contributed by atoms with Crippen LogP contribution in [0.4, 0.5) is 0 Å². The van der Waals surface area contributed by atoms with Gasteiger partial charge in [-0.1, -0.05) is 19.9 Å². The lowest BCUT2D eigenvalue weighted by Crippen LogP contribution is -2.28. The smallest absolute Gasteiger partial charge is 0.0811 e. The van der Waals surface area contributed by atoms with Crippen LogP contribution in [0.25, 0.3) is 0 Å². The Kier molecular flexibility index (Phi) is 7.69. The van der Waals surface area contributed by atoms with Crippen LogP contribution in [0, 0.1) is 5.92 Å². The summed E-state index contributed by atoms with van der Waals surface area (Å²) >= 11 is 13.4. The quantitative estimate of drug-likeness (QED) is 0.435. The third-order valence-corrected chi connectivity index (χ3v) is 4.05. The van der Waals surface area contributed by atoms with Gasteiger partial charge in [0.1, 0.15) is 0 Å². The molecule has 0 aliphatic heterocycles. The molecule has 3 unspecified atom stereocenters. The fraction of sp³-hybridized carbons (Fsp3) is 0.846. The van der Waals surface area contributed by atoms with Crippen molar-refractivity contribution in [3.05, 3.63) is 11.6 Å². The highest BCUT2D eigenvalue weighted by Crippen LogP contribution is 2.28. The van der Waals surface area contributed by atoms with Crippen molar-refractivity contribution >= 4 is 37.9 Å². The van der Waals surface area contributed by atoms with E-state index in [-0.39, 0.29) is 15.7 Å². The van der Waals surface area contributed by atoms with Crippen LogP contribution in [-0.2, 0) is 0 Å². The van der Waals surface area contributed by atoms with E-state index < -0.39 is 5.60 Å². The number of hydrogen-bond acceptors (Lipinski definition) is 4. The molecule has 3 atom stereocenters. The minimum absolute atomic E-state index is 0.0566. The van der Waals surface area contributed by atoms with Gasteiger partial charge >= 0.3 is 0 Å². The molecule has 0 aliphatic rings. The van der Waals surface area contributed by atoms with E-state index >= 15 is 0 Å². The second kappa shape index (κ2) is 7.37. The Bertz CT molecular complexity index is 244. The molecule has 0 aromatic heterocycles. The van der Waals surface area contributed by atoms with Crippen molar-refractivity contribution in [2.75, 3.05) is 0 Å². The van der Waals surface area contributed by atoms with E-state index in [1.165, 1.54) is 0 Å². The molecule has 4 heteroatoms. The number of aliphatic hydroxyl groups is 1. The molecule has 0 saturated heterocycles. The van der Waals surface area contributed by atoms with Gasteiger partial charge in [0, 0.05) is 15.7 Å². The van der Waals surface area contributed by atoms with Gasteiger partial charge in [-0.2, -0.15) is 37.9 Å². The monoisotopic (exact) mass is 294 g/mol. The van der Waals surface area contributed by atoms with Crippen LogP contribution in [0.15, 0.2) is 11.6 Å². The lowest BCUT2D eigenvalue weighted by molar-refractivity contribution is 0.117. The summed E-state index contributed by atoms with van der Waals surface area (Å²) in [7, 11) is 0. The third kappa shape index (κ3) is 6.46. The Hall–Kier alpha value is 0.750. The highest BCUT2D eigenvalue weighted by Gasteiger charge is 2.24. The van der Waals surface area contributed by atoms with Gasteiger partial charge in [0.15, 0.2) is 0 Å². The van der Waals surface area contributed by atoms with Crippen molar-refractivity contribution in [2.24, 2.45) is 5.92 Å². The predicted molar refractivity (Wildman–Crippen MR) is 87.8 cm³/mol. The molecule has 0 rings (SSSR count). The molecule has 0 radical (unpaired) electrons. The topological polar surface area (TPSA) is 20.2 Å². The summed E-state index contributed by atoms with van der Waals surface area (Å²) in [6.07, 6.45) is 2.97. The molecule has 0 aromatic carbocycles. The number of thiol groups is 3. The molecule has 102 valence electrons. The molecule has 0 spiro atoms. The molecule has 0 fully saturated rings. The van der Waals surface area contributed by atoms with Gasteiger partial charge in [0.25, 0.3) is 0 Å². The van der Waals surface area contributed by atoms with Crippen LogP contribution in [0.5, 0.6) is 0 Å². The van der Waals surface area contributed by atoms with Crippen LogP contribution in [0.1, 0.15) is 41.0 Å². The van der Waals surface area contributed by atoms with Crippen LogP contribution in [0.2, 0.25) is 0 Å². The fourth-order valence-corrected chi connectivity index (χ4v) is 3.31. The maximum atomic E-state index is 10.1. The summed E-state index contributed by atoms with van der Waals surface area (Å²) < 4.78 is 0. The summed E-state index contributed by atoms with van der Waals surface area (Å²) in [5.74, 6) is 0.395. The summed E-state index contributed by atoms with van der Waals surface area (Å²) in [4.78, 5) is 0. The Labute approximate surface area is 123 Å². The second-order valence-electron chi connectivity index (χ2n) is 5.28. The van der Waals surface area contributed by atoms with Crippen LogP contribution >= 0.6 is 37.9 Å². The first-order valence-electron chi connectivity index (χ1n) is 6.04. The third-order valence-electron chi connectivity index (χ3n) is 3.01. The first-order chi connectivity index (χ1) is 7.57. The lowest BCUT2D eigenvalue weighted by Gasteiger charge is -2.27. The summed E-state index contributed by atoms with van der Waals surface area (Å²) in [6, 6.07) is 0. The van der Waals surface area contributed by atoms with Gasteiger partial charge in [0.2, 0.25) is 0 Å². The van der Waals surface area contributed by atoms with E-state index in [0.29, 0.717) is 5.92 Å². The molecule has 1 nitrogen and oxygen atoms in total. The van der Waals surface area contributed by atoms with E-state index in [4.69, 9.17) is 0 Å². The van der Waals surface area contributed by atoms with E-state index in [9.17, 15) is 5.11 Å². The molecule has 0 bridgehead atoms. The lowest BCUT2D eigenvalue weighted by atomic mass is 9.90. The number of hydrogen-bond donors (Lipinski definition) is 4. The first kappa shape index (κ1) is 17.8. The number of rotatable bonds is 6. The molecule has 17 heavy (non-hydrogen) atoms. The zero-order valence-corrected chi connectivity index (χ0v) is 14.1. The van der Waals surface area contributed by atoms with Crippen molar-refractivity contribution in [3.8, 4) is 0 Å². The Morgan fingerprint density at radius 2 is 1.53 bits per heavy atom. The van der Waals surface area contributed by atoms with Crippen LogP contribution in [0.3, 0.4) is 0 Å². The summed E-state index contributed by atoms with van der Waals surface area (Å²) in [5, 5.41) is 10.7. The van der Waals surface area contributed by atoms with Crippen molar-refractivity contribution in [1.82, 2.24) is 0 Å². The van der Waals surface area contributed by atoms with Gasteiger partial charge in [-0.3, -0.25) is 0 Å². The van der Waals surface area contributed by atoms with Crippen LogP contribution in [-0.4, -0.2) is 26.5 Å². The average molecular weight is 295 g/mol. The van der Waals surface area contributed by atoms with E-state index in [2.05, 4.69) is 57.8 Å². The second-order valence-corrected chi connectivity index (χ2v) is 7.68. The minimum Gasteiger partial charge on any atom is -0.386 e. The number of allylic oxidation sites excluding steroid dienone is 1. The maximum absolute atomic E-state index is 10.1. The average Bonchev–Trinajstić information content (AvgIpc) is 2.07. The SMILES string of the molecule is CC(S)/C(=C\CC(C(C)S)C(C)S)C(C)(C)O. The van der Waals surface area contributed by atoms with E-state index in [1.54, 1.807) is 13.8 Å². The maximum Gasteiger partial charge on any atom is 0.0811 e. The molecule has 0 amide bonds. The molecular weight excluding hydrogens is 268 g/mol. The summed E-state index contributed by atoms with van der Waals surface area (Å²) in [6.45, 7) is 9.75. The fourth-order valence-electron chi connectivity index (χ4n) is 1.99. The summed E-state index contributed by atoms with van der Waals surface area (Å²) in [5.41, 5.74) is 0.152. The Morgan fingerprint density at radius 1 is 1.12 bits per heavy atom. The molecule has 0 heterocycles. The molecule has 1 N–H and O–H groups in total. The first-order valence-corrected chi connectivity index (χ1v) is 7.59. The Balaban J connectivity index is 4.86. The standard InChI is InChI=1S/C13H26OS3/c1-8(15)11(9(2)16)6-7-12(10(3)17)13(4,5)14/h7-11,14-17H,6H2,1-5H3/b12-7+. The highest BCUT2D eigenvalue weighted by atomic mass is 32.1. The van der Waals surface area contributed by atoms with Crippen LogP contribution < -0.4 is 0 Å². The minimum atomic E-state index is -0.814. The van der Waals surface area contributed by atoms with Crippen molar-refractivity contribution in [1.29, 1.82) is 0 Å². The van der Waals surface area contributed by atoms with Crippen molar-refractivity contribution in [2.45, 2.75) is 62.4 Å². The van der Waals surface area contributed by atoms with Gasteiger partial charge < -0.3 is 5.11 Å². The van der Waals surface area contributed by atoms with E-state index in [0.717, 1.165) is 12.0 Å². The zero-order chi connectivity index (χ0) is 13.8. The zero-order valence-electron chi connectivity index (χ0n) is 11.4.